The molecule has 0 unspecified atom stereocenters. The molecular formula is C8H15N3O3. The molecule has 1 heterocycles. The molecule has 0 spiro atoms. The summed E-state index contributed by atoms with van der Waals surface area (Å²) >= 11 is 0. The highest BCUT2D eigenvalue weighted by molar-refractivity contribution is 4.99. The van der Waals surface area contributed by atoms with E-state index in [1.807, 2.05) is 13.8 Å². The molecule has 0 saturated carbocycles. The van der Waals surface area contributed by atoms with E-state index in [1.54, 1.807) is 7.11 Å². The van der Waals surface area contributed by atoms with Crippen molar-refractivity contribution in [2.75, 3.05) is 13.7 Å². The predicted octanol–water partition coefficient (Wildman–Crippen LogP) is -0.0568. The maximum absolute atomic E-state index is 8.77. The number of methoxy groups -OCH3 is 1. The third-order valence-corrected chi connectivity index (χ3v) is 2.00. The average molecular weight is 201 g/mol. The topological polar surface area (TPSA) is 94.4 Å². The summed E-state index contributed by atoms with van der Waals surface area (Å²) in [4.78, 5) is 4.04. The summed E-state index contributed by atoms with van der Waals surface area (Å²) in [5.74, 6) is 0.631. The Kier molecular flexibility index (Phi) is 3.20. The number of rotatable bonds is 4. The molecule has 80 valence electrons. The lowest BCUT2D eigenvalue weighted by Crippen LogP contribution is -2.22. The second-order valence-corrected chi connectivity index (χ2v) is 3.46. The molecule has 14 heavy (non-hydrogen) atoms. The average Bonchev–Trinajstić information content (AvgIpc) is 2.66. The van der Waals surface area contributed by atoms with Crippen LogP contribution in [-0.2, 0) is 10.3 Å². The van der Waals surface area contributed by atoms with E-state index in [0.717, 1.165) is 0 Å². The van der Waals surface area contributed by atoms with Gasteiger partial charge in [-0.25, -0.2) is 0 Å². The monoisotopic (exact) mass is 201 g/mol. The zero-order valence-electron chi connectivity index (χ0n) is 8.52. The van der Waals surface area contributed by atoms with E-state index in [1.165, 1.54) is 0 Å². The first kappa shape index (κ1) is 11.1. The zero-order valence-corrected chi connectivity index (χ0v) is 8.52. The van der Waals surface area contributed by atoms with E-state index in [0.29, 0.717) is 5.82 Å². The number of nitrogens with zero attached hydrogens (tertiary/aromatic N) is 2. The first-order chi connectivity index (χ1) is 6.51. The molecule has 1 rings (SSSR count). The van der Waals surface area contributed by atoms with E-state index in [-0.39, 0.29) is 12.5 Å². The van der Waals surface area contributed by atoms with Gasteiger partial charge in [-0.3, -0.25) is 0 Å². The lowest BCUT2D eigenvalue weighted by atomic mass is 10.1. The Morgan fingerprint density at radius 1 is 1.64 bits per heavy atom. The van der Waals surface area contributed by atoms with Crippen molar-refractivity contribution in [2.24, 2.45) is 5.73 Å². The highest BCUT2D eigenvalue weighted by Gasteiger charge is 2.27. The van der Waals surface area contributed by atoms with E-state index < -0.39 is 11.6 Å². The Morgan fingerprint density at radius 2 is 2.29 bits per heavy atom. The molecule has 1 aromatic heterocycles. The quantitative estimate of drug-likeness (QED) is 0.708. The van der Waals surface area contributed by atoms with Crippen molar-refractivity contribution in [2.45, 2.75) is 25.5 Å². The molecule has 0 bridgehead atoms. The molecule has 0 fully saturated rings. The molecule has 0 aliphatic rings. The number of ether oxygens (including phenoxy) is 1. The molecular weight excluding hydrogens is 186 g/mol. The van der Waals surface area contributed by atoms with E-state index in [2.05, 4.69) is 10.1 Å². The van der Waals surface area contributed by atoms with Crippen molar-refractivity contribution in [1.29, 1.82) is 0 Å². The van der Waals surface area contributed by atoms with Crippen LogP contribution in [0.25, 0.3) is 0 Å². The number of nitrogens with two attached hydrogens (primary N) is 1. The highest BCUT2D eigenvalue weighted by atomic mass is 16.5. The van der Waals surface area contributed by atoms with Gasteiger partial charge in [0.2, 0.25) is 11.7 Å². The second kappa shape index (κ2) is 4.04. The van der Waals surface area contributed by atoms with Crippen LogP contribution < -0.4 is 5.73 Å². The van der Waals surface area contributed by atoms with Gasteiger partial charge < -0.3 is 20.1 Å². The van der Waals surface area contributed by atoms with Gasteiger partial charge in [0.15, 0.2) is 0 Å². The number of hydrogen-bond donors (Lipinski definition) is 2. The van der Waals surface area contributed by atoms with Gasteiger partial charge in [-0.2, -0.15) is 4.98 Å². The maximum Gasteiger partial charge on any atom is 0.246 e. The van der Waals surface area contributed by atoms with Gasteiger partial charge in [0, 0.05) is 7.11 Å². The fourth-order valence-corrected chi connectivity index (χ4v) is 0.800. The molecule has 0 amide bonds. The number of aromatic nitrogens is 2. The predicted molar refractivity (Wildman–Crippen MR) is 48.3 cm³/mol. The van der Waals surface area contributed by atoms with Crippen molar-refractivity contribution >= 4 is 0 Å². The summed E-state index contributed by atoms with van der Waals surface area (Å²) < 4.78 is 10.0. The first-order valence-electron chi connectivity index (χ1n) is 4.27. The van der Waals surface area contributed by atoms with Crippen molar-refractivity contribution in [3.05, 3.63) is 11.7 Å². The van der Waals surface area contributed by atoms with Gasteiger partial charge in [-0.05, 0) is 13.8 Å². The third kappa shape index (κ3) is 2.09. The van der Waals surface area contributed by atoms with Crippen LogP contribution >= 0.6 is 0 Å². The normalized spacial score (nSPS) is 14.4. The molecule has 0 aromatic carbocycles. The molecule has 6 nitrogen and oxygen atoms in total. The fraction of sp³-hybridized carbons (Fsp3) is 0.750. The number of aliphatic hydroxyl groups is 1. The molecule has 0 aliphatic heterocycles. The minimum atomic E-state index is -0.635. The van der Waals surface area contributed by atoms with Crippen molar-refractivity contribution in [3.63, 3.8) is 0 Å². The van der Waals surface area contributed by atoms with Gasteiger partial charge in [0.1, 0.15) is 11.6 Å². The van der Waals surface area contributed by atoms with Crippen LogP contribution in [0.2, 0.25) is 0 Å². The molecule has 1 aromatic rings. The standard InChI is InChI=1S/C8H15N3O3/c1-8(2,13-3)7-10-6(14-11-7)5(9)4-12/h5,12H,4,9H2,1-3H3/t5-/m0/s1. The van der Waals surface area contributed by atoms with Crippen LogP contribution in [0.1, 0.15) is 31.6 Å². The highest BCUT2D eigenvalue weighted by Crippen LogP contribution is 2.21. The summed E-state index contributed by atoms with van der Waals surface area (Å²) in [5.41, 5.74) is 4.89. The Balaban J connectivity index is 2.88. The van der Waals surface area contributed by atoms with E-state index >= 15 is 0 Å². The van der Waals surface area contributed by atoms with Crippen LogP contribution in [0.15, 0.2) is 4.52 Å². The minimum Gasteiger partial charge on any atom is -0.394 e. The summed E-state index contributed by atoms with van der Waals surface area (Å²) in [5, 5.41) is 12.5. The van der Waals surface area contributed by atoms with Gasteiger partial charge in [-0.1, -0.05) is 5.16 Å². The lowest BCUT2D eigenvalue weighted by molar-refractivity contribution is 0.00973. The number of aliphatic hydroxyl groups excluding tert-OH is 1. The fourth-order valence-electron chi connectivity index (χ4n) is 0.800. The lowest BCUT2D eigenvalue weighted by Gasteiger charge is -2.17. The second-order valence-electron chi connectivity index (χ2n) is 3.46. The molecule has 3 N–H and O–H groups in total. The SMILES string of the molecule is COC(C)(C)c1noc([C@@H](N)CO)n1. The largest absolute Gasteiger partial charge is 0.394 e. The molecule has 0 radical (unpaired) electrons. The minimum absolute atomic E-state index is 0.215. The van der Waals surface area contributed by atoms with Crippen molar-refractivity contribution in [1.82, 2.24) is 10.1 Å². The summed E-state index contributed by atoms with van der Waals surface area (Å²) in [6, 6.07) is -0.635. The first-order valence-corrected chi connectivity index (χ1v) is 4.27. The van der Waals surface area contributed by atoms with E-state index in [9.17, 15) is 0 Å². The Hall–Kier alpha value is -0.980. The maximum atomic E-state index is 8.77. The van der Waals surface area contributed by atoms with Crippen LogP contribution in [0.4, 0.5) is 0 Å². The number of hydrogen-bond acceptors (Lipinski definition) is 6. The summed E-state index contributed by atoms with van der Waals surface area (Å²) in [6.07, 6.45) is 0. The molecule has 1 atom stereocenters. The summed E-state index contributed by atoms with van der Waals surface area (Å²) in [6.45, 7) is 3.40. The van der Waals surface area contributed by atoms with Crippen LogP contribution in [-0.4, -0.2) is 29.0 Å². The van der Waals surface area contributed by atoms with Crippen LogP contribution in [0.5, 0.6) is 0 Å². The Bertz CT molecular complexity index is 298. The summed E-state index contributed by atoms with van der Waals surface area (Å²) in [7, 11) is 1.56. The zero-order chi connectivity index (χ0) is 10.8. The van der Waals surface area contributed by atoms with Gasteiger partial charge in [0.05, 0.1) is 6.61 Å². The Morgan fingerprint density at radius 3 is 2.79 bits per heavy atom. The molecule has 0 saturated heterocycles. The third-order valence-electron chi connectivity index (χ3n) is 2.00. The van der Waals surface area contributed by atoms with Gasteiger partial charge >= 0.3 is 0 Å². The molecule has 6 heteroatoms. The van der Waals surface area contributed by atoms with Crippen molar-refractivity contribution in [3.8, 4) is 0 Å². The van der Waals surface area contributed by atoms with Gasteiger partial charge in [-0.15, -0.1) is 0 Å². The van der Waals surface area contributed by atoms with Crippen molar-refractivity contribution < 1.29 is 14.4 Å². The smallest absolute Gasteiger partial charge is 0.246 e. The van der Waals surface area contributed by atoms with Gasteiger partial charge in [0.25, 0.3) is 0 Å². The Labute approximate surface area is 82.1 Å². The van der Waals surface area contributed by atoms with Crippen LogP contribution in [0, 0.1) is 0 Å². The van der Waals surface area contributed by atoms with Crippen LogP contribution in [0.3, 0.4) is 0 Å². The molecule has 0 aliphatic carbocycles. The van der Waals surface area contributed by atoms with E-state index in [4.69, 9.17) is 20.1 Å².